The van der Waals surface area contributed by atoms with Crippen LogP contribution in [-0.4, -0.2) is 35.1 Å². The number of aromatic nitrogens is 2. The van der Waals surface area contributed by atoms with Crippen LogP contribution in [0.1, 0.15) is 18.1 Å². The number of esters is 1. The van der Waals surface area contributed by atoms with Crippen molar-refractivity contribution in [3.63, 3.8) is 0 Å². The van der Waals surface area contributed by atoms with Gasteiger partial charge in [0.05, 0.1) is 29.8 Å². The molecular formula is C30H22F3N3O4. The first-order chi connectivity index (χ1) is 19.2. The molecule has 40 heavy (non-hydrogen) atoms. The molecule has 0 N–H and O–H groups in total. The zero-order valence-corrected chi connectivity index (χ0v) is 21.3. The van der Waals surface area contributed by atoms with E-state index in [0.29, 0.717) is 22.2 Å². The number of ether oxygens (including phenoxy) is 2. The molecule has 0 radical (unpaired) electrons. The van der Waals surface area contributed by atoms with E-state index >= 15 is 0 Å². The highest BCUT2D eigenvalue weighted by Crippen LogP contribution is 2.32. The van der Waals surface area contributed by atoms with Crippen LogP contribution < -0.4 is 10.3 Å². The van der Waals surface area contributed by atoms with Gasteiger partial charge in [-0.15, -0.1) is 0 Å². The van der Waals surface area contributed by atoms with Crippen molar-refractivity contribution in [2.24, 2.45) is 5.10 Å². The van der Waals surface area contributed by atoms with Crippen LogP contribution in [0.25, 0.3) is 33.1 Å². The average Bonchev–Trinajstić information content (AvgIpc) is 2.96. The van der Waals surface area contributed by atoms with Crippen molar-refractivity contribution < 1.29 is 27.4 Å². The van der Waals surface area contributed by atoms with Crippen molar-refractivity contribution in [3.05, 3.63) is 106 Å². The summed E-state index contributed by atoms with van der Waals surface area (Å²) in [6, 6.07) is 21.9. The van der Waals surface area contributed by atoms with Gasteiger partial charge in [-0.05, 0) is 48.0 Å². The van der Waals surface area contributed by atoms with Crippen LogP contribution in [0.2, 0.25) is 0 Å². The van der Waals surface area contributed by atoms with Gasteiger partial charge < -0.3 is 9.47 Å². The molecular weight excluding hydrogens is 523 g/mol. The molecule has 5 rings (SSSR count). The van der Waals surface area contributed by atoms with Crippen LogP contribution in [0, 0.1) is 0 Å². The largest absolute Gasteiger partial charge is 0.478 e. The van der Waals surface area contributed by atoms with Crippen LogP contribution in [0.3, 0.4) is 0 Å². The van der Waals surface area contributed by atoms with E-state index in [1.54, 1.807) is 30.3 Å². The molecule has 4 aromatic carbocycles. The minimum Gasteiger partial charge on any atom is -0.478 e. The number of benzene rings is 4. The number of methoxy groups -OCH3 is 1. The summed E-state index contributed by atoms with van der Waals surface area (Å²) in [6.07, 6.45) is -4.16. The molecule has 202 valence electrons. The summed E-state index contributed by atoms with van der Waals surface area (Å²) < 4.78 is 52.1. The van der Waals surface area contributed by atoms with E-state index in [4.69, 9.17) is 9.47 Å². The zero-order valence-electron chi connectivity index (χ0n) is 21.3. The molecule has 0 amide bonds. The lowest BCUT2D eigenvalue weighted by Gasteiger charge is -2.16. The first-order valence-corrected chi connectivity index (χ1v) is 12.2. The molecule has 1 aromatic heterocycles. The van der Waals surface area contributed by atoms with Crippen molar-refractivity contribution in [2.45, 2.75) is 19.2 Å². The lowest BCUT2D eigenvalue weighted by Crippen LogP contribution is -2.25. The van der Waals surface area contributed by atoms with Crippen molar-refractivity contribution >= 4 is 33.9 Å². The number of carbonyl (C=O) groups is 1. The Kier molecular flexibility index (Phi) is 7.08. The lowest BCUT2D eigenvalue weighted by atomic mass is 10.0. The predicted octanol–water partition coefficient (Wildman–Crippen LogP) is 6.06. The highest BCUT2D eigenvalue weighted by atomic mass is 19.4. The fourth-order valence-corrected chi connectivity index (χ4v) is 4.28. The van der Waals surface area contributed by atoms with Gasteiger partial charge in [-0.1, -0.05) is 54.6 Å². The van der Waals surface area contributed by atoms with Crippen molar-refractivity contribution in [2.75, 3.05) is 7.11 Å². The molecule has 1 heterocycles. The molecule has 10 heteroatoms. The molecule has 7 nitrogen and oxygen atoms in total. The number of rotatable bonds is 6. The van der Waals surface area contributed by atoms with Crippen molar-refractivity contribution in [1.29, 1.82) is 0 Å². The first-order valence-electron chi connectivity index (χ1n) is 12.2. The second kappa shape index (κ2) is 10.6. The van der Waals surface area contributed by atoms with Crippen LogP contribution in [0.15, 0.2) is 94.8 Å². The third kappa shape index (κ3) is 5.15. The Balaban J connectivity index is 1.72. The Morgan fingerprint density at radius 1 is 0.975 bits per heavy atom. The Morgan fingerprint density at radius 2 is 1.70 bits per heavy atom. The van der Waals surface area contributed by atoms with Crippen molar-refractivity contribution in [1.82, 2.24) is 9.66 Å². The number of hydrogen-bond acceptors (Lipinski definition) is 6. The number of alkyl halides is 3. The van der Waals surface area contributed by atoms with Gasteiger partial charge in [-0.3, -0.25) is 4.79 Å². The molecule has 1 atom stereocenters. The Labute approximate surface area is 226 Å². The monoisotopic (exact) mass is 545 g/mol. The fourth-order valence-electron chi connectivity index (χ4n) is 4.28. The Morgan fingerprint density at radius 3 is 2.45 bits per heavy atom. The summed E-state index contributed by atoms with van der Waals surface area (Å²) in [4.78, 5) is 30.1. The van der Waals surface area contributed by atoms with E-state index in [-0.39, 0.29) is 16.8 Å². The summed E-state index contributed by atoms with van der Waals surface area (Å²) in [5.41, 5.74) is -0.635. The molecule has 0 saturated heterocycles. The molecule has 0 aliphatic rings. The molecule has 0 saturated carbocycles. The summed E-state index contributed by atoms with van der Waals surface area (Å²) in [5, 5.41) is 6.21. The van der Waals surface area contributed by atoms with E-state index in [1.165, 1.54) is 32.4 Å². The van der Waals surface area contributed by atoms with Gasteiger partial charge in [0.1, 0.15) is 5.75 Å². The maximum atomic E-state index is 13.6. The summed E-state index contributed by atoms with van der Waals surface area (Å²) in [6.45, 7) is 1.53. The van der Waals surface area contributed by atoms with E-state index in [1.807, 2.05) is 30.3 Å². The molecule has 0 aliphatic carbocycles. The zero-order chi connectivity index (χ0) is 28.4. The quantitative estimate of drug-likeness (QED) is 0.191. The lowest BCUT2D eigenvalue weighted by molar-refractivity contribution is -0.147. The topological polar surface area (TPSA) is 82.8 Å². The minimum atomic E-state index is -4.59. The first kappa shape index (κ1) is 26.6. The van der Waals surface area contributed by atoms with Gasteiger partial charge in [0.25, 0.3) is 5.56 Å². The summed E-state index contributed by atoms with van der Waals surface area (Å²) >= 11 is 0. The Bertz CT molecular complexity index is 1830. The molecule has 0 unspecified atom stereocenters. The number of carbonyl (C=O) groups excluding carboxylic acids is 1. The molecule has 0 spiro atoms. The predicted molar refractivity (Wildman–Crippen MR) is 145 cm³/mol. The van der Waals surface area contributed by atoms with Crippen LogP contribution in [0.4, 0.5) is 13.2 Å². The smallest absolute Gasteiger partial charge is 0.416 e. The molecule has 5 aromatic rings. The summed E-state index contributed by atoms with van der Waals surface area (Å²) in [7, 11) is 1.25. The van der Waals surface area contributed by atoms with Gasteiger partial charge in [0, 0.05) is 11.1 Å². The number of fused-ring (bicyclic) bond motifs is 2. The maximum absolute atomic E-state index is 13.6. The van der Waals surface area contributed by atoms with Crippen molar-refractivity contribution in [3.8, 4) is 17.1 Å². The maximum Gasteiger partial charge on any atom is 0.416 e. The highest BCUT2D eigenvalue weighted by molar-refractivity contribution is 6.02. The standard InChI is InChI=1S/C30H22F3N3O4/c1-18(29(38)39-2)40-26-15-14-19-8-3-4-11-22(19)24(26)17-34-36-27(20-9-7-10-21(16-20)30(31,32)33)35-25-13-6-5-12-23(25)28(36)37/h3-18H,1-2H3/t18-/m1/s1. The second-order valence-corrected chi connectivity index (χ2v) is 8.87. The van der Waals surface area contributed by atoms with E-state index < -0.39 is 29.4 Å². The van der Waals surface area contributed by atoms with Gasteiger partial charge in [-0.2, -0.15) is 22.9 Å². The van der Waals surface area contributed by atoms with E-state index in [0.717, 1.165) is 22.2 Å². The van der Waals surface area contributed by atoms with Crippen LogP contribution in [0.5, 0.6) is 5.75 Å². The van der Waals surface area contributed by atoms with Crippen LogP contribution in [-0.2, 0) is 15.7 Å². The fraction of sp³-hybridized carbons (Fsp3) is 0.133. The third-order valence-corrected chi connectivity index (χ3v) is 6.27. The molecule has 0 bridgehead atoms. The number of nitrogens with zero attached hydrogens (tertiary/aromatic N) is 3. The van der Waals surface area contributed by atoms with Gasteiger partial charge >= 0.3 is 12.1 Å². The SMILES string of the molecule is COC(=O)[C@@H](C)Oc1ccc2ccccc2c1C=Nn1c(-c2cccc(C(F)(F)F)c2)nc2ccccc2c1=O. The van der Waals surface area contributed by atoms with Gasteiger partial charge in [0.15, 0.2) is 11.9 Å². The molecule has 0 fully saturated rings. The number of para-hydroxylation sites is 1. The normalized spacial score (nSPS) is 12.6. The molecule has 0 aliphatic heterocycles. The summed E-state index contributed by atoms with van der Waals surface area (Å²) in [5.74, 6) is -0.364. The second-order valence-electron chi connectivity index (χ2n) is 8.87. The van der Waals surface area contributed by atoms with Gasteiger partial charge in [-0.25, -0.2) is 9.78 Å². The third-order valence-electron chi connectivity index (χ3n) is 6.27. The minimum absolute atomic E-state index is 0.0588. The Hall–Kier alpha value is -4.99. The number of hydrogen-bond donors (Lipinski definition) is 0. The van der Waals surface area contributed by atoms with E-state index in [2.05, 4.69) is 10.1 Å². The average molecular weight is 546 g/mol. The van der Waals surface area contributed by atoms with E-state index in [9.17, 15) is 22.8 Å². The number of halogens is 3. The van der Waals surface area contributed by atoms with Crippen LogP contribution >= 0.6 is 0 Å². The van der Waals surface area contributed by atoms with Gasteiger partial charge in [0.2, 0.25) is 0 Å². The highest BCUT2D eigenvalue weighted by Gasteiger charge is 2.31.